The van der Waals surface area contributed by atoms with Crippen LogP contribution in [0.15, 0.2) is 0 Å². The molecular formula is C9H20N2O5S. The van der Waals surface area contributed by atoms with E-state index in [-0.39, 0.29) is 25.5 Å². The van der Waals surface area contributed by atoms with Crippen LogP contribution in [-0.4, -0.2) is 45.8 Å². The quantitative estimate of drug-likeness (QED) is 0.492. The molecule has 102 valence electrons. The zero-order chi connectivity index (χ0) is 13.5. The number of rotatable bonds is 9. The maximum absolute atomic E-state index is 11.5. The molecule has 0 aliphatic heterocycles. The molecule has 0 aliphatic carbocycles. The Kier molecular flexibility index (Phi) is 7.28. The van der Waals surface area contributed by atoms with Crippen LogP contribution in [0.2, 0.25) is 0 Å². The van der Waals surface area contributed by atoms with Crippen LogP contribution in [0.5, 0.6) is 0 Å². The Balaban J connectivity index is 4.37. The first-order valence-electron chi connectivity index (χ1n) is 5.27. The van der Waals surface area contributed by atoms with Gasteiger partial charge >= 0.3 is 5.97 Å². The van der Waals surface area contributed by atoms with Crippen molar-refractivity contribution in [2.45, 2.75) is 26.3 Å². The molecule has 0 radical (unpaired) electrons. The van der Waals surface area contributed by atoms with Crippen molar-refractivity contribution >= 4 is 16.2 Å². The second-order valence-corrected chi connectivity index (χ2v) is 5.56. The van der Waals surface area contributed by atoms with Gasteiger partial charge in [-0.1, -0.05) is 13.8 Å². The zero-order valence-electron chi connectivity index (χ0n) is 10.3. The molecule has 0 spiro atoms. The van der Waals surface area contributed by atoms with Crippen LogP contribution in [0.4, 0.5) is 0 Å². The average Bonchev–Trinajstić information content (AvgIpc) is 2.15. The first-order valence-corrected chi connectivity index (χ1v) is 6.75. The standard InChI is InChI=1S/C9H20N2O5S/c1-7(2)6-8(9(12)13)11-17(14,15)10-4-5-16-3/h7-8,10-11H,4-6H2,1-3H3,(H,12,13). The van der Waals surface area contributed by atoms with Crippen LogP contribution in [0.25, 0.3) is 0 Å². The van der Waals surface area contributed by atoms with Gasteiger partial charge in [0.05, 0.1) is 6.61 Å². The Morgan fingerprint density at radius 1 is 1.41 bits per heavy atom. The summed E-state index contributed by atoms with van der Waals surface area (Å²) in [4.78, 5) is 10.9. The fourth-order valence-corrected chi connectivity index (χ4v) is 2.18. The number of carboxylic acid groups (broad SMARTS) is 1. The molecule has 0 amide bonds. The van der Waals surface area contributed by atoms with Gasteiger partial charge in [0.15, 0.2) is 0 Å². The highest BCUT2D eigenvalue weighted by atomic mass is 32.2. The second kappa shape index (κ2) is 7.59. The van der Waals surface area contributed by atoms with Crippen LogP contribution < -0.4 is 9.44 Å². The minimum atomic E-state index is -3.80. The Morgan fingerprint density at radius 3 is 2.41 bits per heavy atom. The van der Waals surface area contributed by atoms with E-state index in [1.807, 2.05) is 13.8 Å². The van der Waals surface area contributed by atoms with Crippen molar-refractivity contribution in [3.05, 3.63) is 0 Å². The van der Waals surface area contributed by atoms with E-state index < -0.39 is 22.2 Å². The minimum absolute atomic E-state index is 0.0813. The number of carbonyl (C=O) groups is 1. The van der Waals surface area contributed by atoms with Crippen LogP contribution >= 0.6 is 0 Å². The summed E-state index contributed by atoms with van der Waals surface area (Å²) in [5.41, 5.74) is 0. The molecule has 1 atom stereocenters. The lowest BCUT2D eigenvalue weighted by Crippen LogP contribution is -2.47. The molecule has 17 heavy (non-hydrogen) atoms. The number of carboxylic acids is 1. The first-order chi connectivity index (χ1) is 7.78. The average molecular weight is 268 g/mol. The van der Waals surface area contributed by atoms with E-state index in [1.165, 1.54) is 7.11 Å². The van der Waals surface area contributed by atoms with E-state index in [4.69, 9.17) is 5.11 Å². The van der Waals surface area contributed by atoms with E-state index >= 15 is 0 Å². The summed E-state index contributed by atoms with van der Waals surface area (Å²) in [7, 11) is -2.36. The number of hydrogen-bond donors (Lipinski definition) is 3. The Morgan fingerprint density at radius 2 is 2.00 bits per heavy atom. The zero-order valence-corrected chi connectivity index (χ0v) is 11.1. The van der Waals surface area contributed by atoms with Crippen LogP contribution in [0, 0.1) is 5.92 Å². The second-order valence-electron chi connectivity index (χ2n) is 4.03. The molecule has 8 heteroatoms. The fourth-order valence-electron chi connectivity index (χ4n) is 1.18. The molecule has 0 rings (SSSR count). The minimum Gasteiger partial charge on any atom is -0.480 e. The normalized spacial score (nSPS) is 13.9. The lowest BCUT2D eigenvalue weighted by Gasteiger charge is -2.16. The molecule has 0 aromatic carbocycles. The van der Waals surface area contributed by atoms with E-state index in [0.29, 0.717) is 0 Å². The van der Waals surface area contributed by atoms with Gasteiger partial charge in [-0.2, -0.15) is 17.9 Å². The molecular weight excluding hydrogens is 248 g/mol. The van der Waals surface area contributed by atoms with E-state index in [2.05, 4.69) is 14.2 Å². The Bertz CT molecular complexity index is 328. The Labute approximate surface area is 102 Å². The van der Waals surface area contributed by atoms with Crippen molar-refractivity contribution in [2.75, 3.05) is 20.3 Å². The smallest absolute Gasteiger partial charge is 0.321 e. The summed E-state index contributed by atoms with van der Waals surface area (Å²) in [5, 5.41) is 8.88. The van der Waals surface area contributed by atoms with Gasteiger partial charge in [-0.15, -0.1) is 0 Å². The lowest BCUT2D eigenvalue weighted by atomic mass is 10.1. The summed E-state index contributed by atoms with van der Waals surface area (Å²) in [6.07, 6.45) is 0.237. The molecule has 7 nitrogen and oxygen atoms in total. The number of nitrogens with one attached hydrogen (secondary N) is 2. The third-order valence-electron chi connectivity index (χ3n) is 1.90. The van der Waals surface area contributed by atoms with Crippen molar-refractivity contribution in [1.29, 1.82) is 0 Å². The summed E-state index contributed by atoms with van der Waals surface area (Å²) in [5.74, 6) is -1.10. The highest BCUT2D eigenvalue weighted by Crippen LogP contribution is 2.05. The molecule has 0 aromatic heterocycles. The monoisotopic (exact) mass is 268 g/mol. The van der Waals surface area contributed by atoms with E-state index in [1.54, 1.807) is 0 Å². The van der Waals surface area contributed by atoms with Gasteiger partial charge in [0.1, 0.15) is 6.04 Å². The predicted octanol–water partition coefficient (Wildman–Crippen LogP) is -0.444. The van der Waals surface area contributed by atoms with Crippen molar-refractivity contribution in [3.63, 3.8) is 0 Å². The molecule has 0 heterocycles. The lowest BCUT2D eigenvalue weighted by molar-refractivity contribution is -0.139. The molecule has 0 saturated heterocycles. The molecule has 0 aliphatic rings. The van der Waals surface area contributed by atoms with Crippen LogP contribution in [0.3, 0.4) is 0 Å². The van der Waals surface area contributed by atoms with E-state index in [9.17, 15) is 13.2 Å². The summed E-state index contributed by atoms with van der Waals surface area (Å²) in [6.45, 7) is 3.97. The van der Waals surface area contributed by atoms with Gasteiger partial charge in [-0.05, 0) is 12.3 Å². The topological polar surface area (TPSA) is 105 Å². The van der Waals surface area contributed by atoms with Gasteiger partial charge in [0.25, 0.3) is 10.2 Å². The molecule has 0 fully saturated rings. The van der Waals surface area contributed by atoms with Gasteiger partial charge in [0.2, 0.25) is 0 Å². The fraction of sp³-hybridized carbons (Fsp3) is 0.889. The summed E-state index contributed by atoms with van der Waals surface area (Å²) in [6, 6.07) is -1.12. The molecule has 0 saturated carbocycles. The predicted molar refractivity (Wildman–Crippen MR) is 62.8 cm³/mol. The molecule has 1 unspecified atom stereocenters. The third kappa shape index (κ3) is 8.08. The highest BCUT2D eigenvalue weighted by Gasteiger charge is 2.24. The van der Waals surface area contributed by atoms with Gasteiger partial charge in [-0.3, -0.25) is 4.79 Å². The summed E-state index contributed by atoms with van der Waals surface area (Å²) < 4.78 is 31.9. The Hall–Kier alpha value is -0.700. The van der Waals surface area contributed by atoms with Gasteiger partial charge < -0.3 is 9.84 Å². The molecule has 3 N–H and O–H groups in total. The number of aliphatic carboxylic acids is 1. The number of hydrogen-bond acceptors (Lipinski definition) is 4. The number of methoxy groups -OCH3 is 1. The first kappa shape index (κ1) is 16.3. The van der Waals surface area contributed by atoms with Crippen molar-refractivity contribution < 1.29 is 23.1 Å². The number of ether oxygens (including phenoxy) is 1. The van der Waals surface area contributed by atoms with Gasteiger partial charge in [0, 0.05) is 13.7 Å². The maximum Gasteiger partial charge on any atom is 0.321 e. The van der Waals surface area contributed by atoms with Crippen molar-refractivity contribution in [1.82, 2.24) is 9.44 Å². The van der Waals surface area contributed by atoms with Crippen LogP contribution in [0.1, 0.15) is 20.3 Å². The largest absolute Gasteiger partial charge is 0.480 e. The third-order valence-corrected chi connectivity index (χ3v) is 3.08. The maximum atomic E-state index is 11.5. The molecule has 0 bridgehead atoms. The molecule has 0 aromatic rings. The van der Waals surface area contributed by atoms with Crippen molar-refractivity contribution in [3.8, 4) is 0 Å². The van der Waals surface area contributed by atoms with Crippen LogP contribution in [-0.2, 0) is 19.7 Å². The SMILES string of the molecule is COCCNS(=O)(=O)NC(CC(C)C)C(=O)O. The van der Waals surface area contributed by atoms with E-state index in [0.717, 1.165) is 0 Å². The van der Waals surface area contributed by atoms with Gasteiger partial charge in [-0.25, -0.2) is 0 Å². The summed E-state index contributed by atoms with van der Waals surface area (Å²) >= 11 is 0. The highest BCUT2D eigenvalue weighted by molar-refractivity contribution is 7.87. The van der Waals surface area contributed by atoms with Crippen molar-refractivity contribution in [2.24, 2.45) is 5.92 Å².